The van der Waals surface area contributed by atoms with Gasteiger partial charge in [-0.3, -0.25) is 0 Å². The molecule has 6 nitrogen and oxygen atoms in total. The van der Waals surface area contributed by atoms with Crippen LogP contribution in [0.5, 0.6) is 0 Å². The van der Waals surface area contributed by atoms with Gasteiger partial charge in [-0.2, -0.15) is 0 Å². The standard InChI is InChI=1S/C12H10N4O2/c13-11-5-9(16-18-11)7-3-1-2-4-8(7)10-6-14-12(17)15-10/h1-6H,13H2,(H2,14,15,17). The second kappa shape index (κ2) is 3.92. The van der Waals surface area contributed by atoms with E-state index in [0.29, 0.717) is 11.4 Å². The molecule has 2 heterocycles. The predicted octanol–water partition coefficient (Wildman–Crippen LogP) is 1.61. The number of nitrogens with one attached hydrogen (secondary N) is 2. The van der Waals surface area contributed by atoms with Crippen LogP contribution in [0.2, 0.25) is 0 Å². The Kier molecular flexibility index (Phi) is 2.26. The first-order valence-electron chi connectivity index (χ1n) is 5.34. The molecule has 0 saturated heterocycles. The molecule has 18 heavy (non-hydrogen) atoms. The van der Waals surface area contributed by atoms with Crippen molar-refractivity contribution in [2.24, 2.45) is 0 Å². The van der Waals surface area contributed by atoms with Gasteiger partial charge in [0.2, 0.25) is 5.88 Å². The van der Waals surface area contributed by atoms with Crippen LogP contribution in [0.3, 0.4) is 0 Å². The van der Waals surface area contributed by atoms with E-state index in [0.717, 1.165) is 11.1 Å². The maximum atomic E-state index is 11.2. The Labute approximate surface area is 101 Å². The van der Waals surface area contributed by atoms with Crippen LogP contribution in [0, 0.1) is 0 Å². The third-order valence-corrected chi connectivity index (χ3v) is 2.62. The van der Waals surface area contributed by atoms with Crippen molar-refractivity contribution in [3.8, 4) is 22.5 Å². The number of nitrogens with two attached hydrogens (primary N) is 1. The molecule has 1 aromatic carbocycles. The summed E-state index contributed by atoms with van der Waals surface area (Å²) >= 11 is 0. The topological polar surface area (TPSA) is 101 Å². The average Bonchev–Trinajstić information content (AvgIpc) is 2.98. The van der Waals surface area contributed by atoms with Gasteiger partial charge in [0.1, 0.15) is 5.69 Å². The molecule has 0 aliphatic carbocycles. The molecule has 90 valence electrons. The Balaban J connectivity index is 2.19. The van der Waals surface area contributed by atoms with E-state index in [9.17, 15) is 4.79 Å². The molecular formula is C12H10N4O2. The van der Waals surface area contributed by atoms with Gasteiger partial charge in [-0.15, -0.1) is 0 Å². The average molecular weight is 242 g/mol. The minimum Gasteiger partial charge on any atom is -0.368 e. The predicted molar refractivity (Wildman–Crippen MR) is 66.8 cm³/mol. The fourth-order valence-corrected chi connectivity index (χ4v) is 1.83. The van der Waals surface area contributed by atoms with Crippen LogP contribution in [-0.4, -0.2) is 15.1 Å². The van der Waals surface area contributed by atoms with E-state index < -0.39 is 0 Å². The molecule has 4 N–H and O–H groups in total. The van der Waals surface area contributed by atoms with E-state index in [2.05, 4.69) is 15.1 Å². The fraction of sp³-hybridized carbons (Fsp3) is 0. The summed E-state index contributed by atoms with van der Waals surface area (Å²) < 4.78 is 4.86. The minimum absolute atomic E-state index is 0.250. The Bertz CT molecular complexity index is 738. The Morgan fingerprint density at radius 3 is 2.61 bits per heavy atom. The second-order valence-corrected chi connectivity index (χ2v) is 3.82. The van der Waals surface area contributed by atoms with Gasteiger partial charge in [-0.05, 0) is 0 Å². The quantitative estimate of drug-likeness (QED) is 0.635. The molecule has 0 radical (unpaired) electrons. The Hall–Kier alpha value is -2.76. The zero-order valence-corrected chi connectivity index (χ0v) is 9.31. The third-order valence-electron chi connectivity index (χ3n) is 2.62. The van der Waals surface area contributed by atoms with Crippen molar-refractivity contribution in [2.75, 3.05) is 5.73 Å². The number of anilines is 1. The van der Waals surface area contributed by atoms with Gasteiger partial charge in [0.15, 0.2) is 0 Å². The normalized spacial score (nSPS) is 10.7. The number of rotatable bonds is 2. The fourth-order valence-electron chi connectivity index (χ4n) is 1.83. The minimum atomic E-state index is -0.250. The van der Waals surface area contributed by atoms with Crippen LogP contribution in [0.15, 0.2) is 45.8 Å². The molecule has 2 aromatic heterocycles. The molecule has 6 heteroatoms. The molecule has 0 unspecified atom stereocenters. The SMILES string of the molecule is Nc1cc(-c2ccccc2-c2c[nH]c(=O)[nH]2)no1. The highest BCUT2D eigenvalue weighted by Gasteiger charge is 2.11. The zero-order valence-electron chi connectivity index (χ0n) is 9.31. The van der Waals surface area contributed by atoms with Gasteiger partial charge in [0, 0.05) is 23.4 Å². The number of nitrogens with zero attached hydrogens (tertiary/aromatic N) is 1. The number of hydrogen-bond donors (Lipinski definition) is 3. The monoisotopic (exact) mass is 242 g/mol. The van der Waals surface area contributed by atoms with Crippen molar-refractivity contribution in [3.63, 3.8) is 0 Å². The van der Waals surface area contributed by atoms with Crippen LogP contribution in [-0.2, 0) is 0 Å². The molecule has 0 spiro atoms. The number of aromatic nitrogens is 3. The van der Waals surface area contributed by atoms with Gasteiger partial charge in [0.25, 0.3) is 0 Å². The van der Waals surface area contributed by atoms with Gasteiger partial charge >= 0.3 is 5.69 Å². The van der Waals surface area contributed by atoms with Crippen LogP contribution >= 0.6 is 0 Å². The van der Waals surface area contributed by atoms with Gasteiger partial charge < -0.3 is 20.2 Å². The summed E-state index contributed by atoms with van der Waals surface area (Å²) in [4.78, 5) is 16.4. The summed E-state index contributed by atoms with van der Waals surface area (Å²) in [7, 11) is 0. The van der Waals surface area contributed by atoms with Crippen LogP contribution in [0.4, 0.5) is 5.88 Å². The van der Waals surface area contributed by atoms with Gasteiger partial charge in [0.05, 0.1) is 5.69 Å². The van der Waals surface area contributed by atoms with Gasteiger partial charge in [-0.1, -0.05) is 29.4 Å². The van der Waals surface area contributed by atoms with E-state index in [-0.39, 0.29) is 11.6 Å². The number of nitrogen functional groups attached to an aromatic ring is 1. The van der Waals surface area contributed by atoms with Crippen molar-refractivity contribution in [3.05, 3.63) is 47.0 Å². The van der Waals surface area contributed by atoms with E-state index >= 15 is 0 Å². The molecule has 0 saturated carbocycles. The molecule has 0 atom stereocenters. The summed E-state index contributed by atoms with van der Waals surface area (Å²) in [5.41, 5.74) is 8.28. The molecule has 0 bridgehead atoms. The van der Waals surface area contributed by atoms with E-state index in [1.165, 1.54) is 0 Å². The van der Waals surface area contributed by atoms with Crippen molar-refractivity contribution >= 4 is 5.88 Å². The molecule has 0 fully saturated rings. The highest BCUT2D eigenvalue weighted by Crippen LogP contribution is 2.30. The number of hydrogen-bond acceptors (Lipinski definition) is 4. The van der Waals surface area contributed by atoms with Crippen molar-refractivity contribution in [1.82, 2.24) is 15.1 Å². The van der Waals surface area contributed by atoms with Crippen molar-refractivity contribution in [2.45, 2.75) is 0 Å². The third kappa shape index (κ3) is 1.69. The first-order valence-corrected chi connectivity index (χ1v) is 5.34. The summed E-state index contributed by atoms with van der Waals surface area (Å²) in [5.74, 6) is 0.252. The molecule has 0 aliphatic rings. The lowest BCUT2D eigenvalue weighted by atomic mass is 10.0. The largest absolute Gasteiger partial charge is 0.368 e. The molecule has 0 amide bonds. The number of benzene rings is 1. The van der Waals surface area contributed by atoms with E-state index in [1.54, 1.807) is 12.3 Å². The summed E-state index contributed by atoms with van der Waals surface area (Å²) in [6.07, 6.45) is 1.62. The molecule has 3 rings (SSSR count). The lowest BCUT2D eigenvalue weighted by Gasteiger charge is -2.03. The maximum Gasteiger partial charge on any atom is 0.323 e. The summed E-state index contributed by atoms with van der Waals surface area (Å²) in [6.45, 7) is 0. The van der Waals surface area contributed by atoms with Gasteiger partial charge in [-0.25, -0.2) is 4.79 Å². The first-order chi connectivity index (χ1) is 8.74. The molecule has 0 aliphatic heterocycles. The maximum absolute atomic E-state index is 11.2. The smallest absolute Gasteiger partial charge is 0.323 e. The number of aromatic amines is 2. The number of imidazole rings is 1. The first kappa shape index (κ1) is 10.4. The van der Waals surface area contributed by atoms with Crippen LogP contribution < -0.4 is 11.4 Å². The molecular weight excluding hydrogens is 232 g/mol. The van der Waals surface area contributed by atoms with Crippen LogP contribution in [0.1, 0.15) is 0 Å². The number of H-pyrrole nitrogens is 2. The Morgan fingerprint density at radius 2 is 2.00 bits per heavy atom. The van der Waals surface area contributed by atoms with Crippen LogP contribution in [0.25, 0.3) is 22.5 Å². The van der Waals surface area contributed by atoms with E-state index in [1.807, 2.05) is 24.3 Å². The van der Waals surface area contributed by atoms with Crippen molar-refractivity contribution < 1.29 is 4.52 Å². The highest BCUT2D eigenvalue weighted by atomic mass is 16.5. The second-order valence-electron chi connectivity index (χ2n) is 3.82. The highest BCUT2D eigenvalue weighted by molar-refractivity contribution is 5.80. The van der Waals surface area contributed by atoms with E-state index in [4.69, 9.17) is 10.3 Å². The Morgan fingerprint density at radius 1 is 1.22 bits per heavy atom. The lowest BCUT2D eigenvalue weighted by Crippen LogP contribution is -2.00. The lowest BCUT2D eigenvalue weighted by molar-refractivity contribution is 0.439. The molecule has 3 aromatic rings. The summed E-state index contributed by atoms with van der Waals surface area (Å²) in [5, 5.41) is 3.88. The van der Waals surface area contributed by atoms with Crippen molar-refractivity contribution in [1.29, 1.82) is 0 Å². The summed E-state index contributed by atoms with van der Waals surface area (Å²) in [6, 6.07) is 9.18. The zero-order chi connectivity index (χ0) is 12.5.